The van der Waals surface area contributed by atoms with E-state index in [1.54, 1.807) is 24.5 Å². The zero-order valence-corrected chi connectivity index (χ0v) is 11.8. The minimum Gasteiger partial charge on any atom is -0.508 e. The number of pyridine rings is 1. The van der Waals surface area contributed by atoms with Crippen molar-refractivity contribution in [1.82, 2.24) is 19.2 Å². The van der Waals surface area contributed by atoms with Crippen molar-refractivity contribution in [3.05, 3.63) is 72.7 Å². The van der Waals surface area contributed by atoms with E-state index in [9.17, 15) is 5.11 Å². The third-order valence-corrected chi connectivity index (χ3v) is 3.63. The van der Waals surface area contributed by atoms with E-state index in [1.807, 2.05) is 51.7 Å². The van der Waals surface area contributed by atoms with E-state index < -0.39 is 0 Å². The predicted molar refractivity (Wildman–Crippen MR) is 83.6 cm³/mol. The van der Waals surface area contributed by atoms with Gasteiger partial charge >= 0.3 is 0 Å². The summed E-state index contributed by atoms with van der Waals surface area (Å²) < 4.78 is 3.92. The zero-order chi connectivity index (χ0) is 14.9. The van der Waals surface area contributed by atoms with Gasteiger partial charge in [0.2, 0.25) is 0 Å². The number of aromatic nitrogens is 4. The molecule has 0 radical (unpaired) electrons. The molecule has 22 heavy (non-hydrogen) atoms. The number of benzene rings is 1. The first-order valence-corrected chi connectivity index (χ1v) is 7.03. The molecular formula is C17H14N4O. The lowest BCUT2D eigenvalue weighted by molar-refractivity contribution is 0.474. The summed E-state index contributed by atoms with van der Waals surface area (Å²) in [4.78, 5) is 4.47. The number of hydrogen-bond donors (Lipinski definition) is 1. The van der Waals surface area contributed by atoms with Crippen molar-refractivity contribution in [3.8, 4) is 17.3 Å². The van der Waals surface area contributed by atoms with Gasteiger partial charge < -0.3 is 9.67 Å². The van der Waals surface area contributed by atoms with E-state index >= 15 is 0 Å². The quantitative estimate of drug-likeness (QED) is 0.631. The SMILES string of the molecule is Oc1cccc(Cn2ccnc2-c2cccc3ccnn23)c1. The van der Waals surface area contributed by atoms with Gasteiger partial charge in [-0.2, -0.15) is 5.10 Å². The first kappa shape index (κ1) is 12.6. The van der Waals surface area contributed by atoms with Gasteiger partial charge in [0.25, 0.3) is 0 Å². The molecular weight excluding hydrogens is 276 g/mol. The lowest BCUT2D eigenvalue weighted by atomic mass is 10.2. The highest BCUT2D eigenvalue weighted by Crippen LogP contribution is 2.20. The van der Waals surface area contributed by atoms with Crippen LogP contribution in [0.4, 0.5) is 0 Å². The summed E-state index contributed by atoms with van der Waals surface area (Å²) in [6, 6.07) is 15.2. The van der Waals surface area contributed by atoms with Crippen molar-refractivity contribution in [3.63, 3.8) is 0 Å². The Morgan fingerprint density at radius 1 is 1.00 bits per heavy atom. The molecule has 108 valence electrons. The molecule has 0 atom stereocenters. The fourth-order valence-electron chi connectivity index (χ4n) is 2.64. The van der Waals surface area contributed by atoms with Gasteiger partial charge in [-0.25, -0.2) is 9.50 Å². The number of phenols is 1. The minimum absolute atomic E-state index is 0.272. The van der Waals surface area contributed by atoms with Crippen LogP contribution in [0, 0.1) is 0 Å². The third kappa shape index (κ3) is 2.13. The van der Waals surface area contributed by atoms with Crippen molar-refractivity contribution in [2.24, 2.45) is 0 Å². The molecule has 0 spiro atoms. The van der Waals surface area contributed by atoms with E-state index in [4.69, 9.17) is 0 Å². The monoisotopic (exact) mass is 290 g/mol. The summed E-state index contributed by atoms with van der Waals surface area (Å²) in [5, 5.41) is 14.0. The second-order valence-electron chi connectivity index (χ2n) is 5.13. The van der Waals surface area contributed by atoms with E-state index in [0.717, 1.165) is 22.6 Å². The van der Waals surface area contributed by atoms with Gasteiger partial charge in [0, 0.05) is 18.9 Å². The van der Waals surface area contributed by atoms with Crippen molar-refractivity contribution in [2.45, 2.75) is 6.54 Å². The summed E-state index contributed by atoms with van der Waals surface area (Å²) in [7, 11) is 0. The molecule has 0 bridgehead atoms. The second kappa shape index (κ2) is 5.04. The second-order valence-corrected chi connectivity index (χ2v) is 5.13. The Balaban J connectivity index is 1.78. The summed E-state index contributed by atoms with van der Waals surface area (Å²) in [6.07, 6.45) is 5.49. The van der Waals surface area contributed by atoms with Crippen molar-refractivity contribution < 1.29 is 5.11 Å². The molecule has 0 unspecified atom stereocenters. The number of phenolic OH excluding ortho intramolecular Hbond substituents is 1. The van der Waals surface area contributed by atoms with Gasteiger partial charge in [-0.15, -0.1) is 0 Å². The van der Waals surface area contributed by atoms with Crippen molar-refractivity contribution in [2.75, 3.05) is 0 Å². The van der Waals surface area contributed by atoms with Crippen LogP contribution in [0.5, 0.6) is 5.75 Å². The van der Waals surface area contributed by atoms with Crippen molar-refractivity contribution >= 4 is 5.52 Å². The van der Waals surface area contributed by atoms with Gasteiger partial charge in [0.15, 0.2) is 5.82 Å². The summed E-state index contributed by atoms with van der Waals surface area (Å²) in [5.41, 5.74) is 2.99. The zero-order valence-electron chi connectivity index (χ0n) is 11.8. The molecule has 0 aliphatic heterocycles. The number of aromatic hydroxyl groups is 1. The average molecular weight is 290 g/mol. The third-order valence-electron chi connectivity index (χ3n) is 3.63. The maximum Gasteiger partial charge on any atom is 0.159 e. The van der Waals surface area contributed by atoms with Gasteiger partial charge in [-0.05, 0) is 35.9 Å². The molecule has 0 amide bonds. The van der Waals surface area contributed by atoms with E-state index in [2.05, 4.69) is 10.1 Å². The van der Waals surface area contributed by atoms with Gasteiger partial charge in [0.05, 0.1) is 11.7 Å². The van der Waals surface area contributed by atoms with Crippen LogP contribution < -0.4 is 0 Å². The maximum atomic E-state index is 9.60. The average Bonchev–Trinajstić information content (AvgIpc) is 3.15. The number of nitrogens with zero attached hydrogens (tertiary/aromatic N) is 4. The highest BCUT2D eigenvalue weighted by atomic mass is 16.3. The van der Waals surface area contributed by atoms with Crippen LogP contribution in [-0.4, -0.2) is 24.3 Å². The minimum atomic E-state index is 0.272. The molecule has 3 heterocycles. The van der Waals surface area contributed by atoms with Crippen LogP contribution in [0.15, 0.2) is 67.1 Å². The highest BCUT2D eigenvalue weighted by Gasteiger charge is 2.10. The summed E-state index contributed by atoms with van der Waals surface area (Å²) in [5.74, 6) is 1.12. The highest BCUT2D eigenvalue weighted by molar-refractivity contribution is 5.59. The Kier molecular flexibility index (Phi) is 2.89. The lowest BCUT2D eigenvalue weighted by Gasteiger charge is -2.09. The molecule has 5 heteroatoms. The largest absolute Gasteiger partial charge is 0.508 e. The molecule has 0 fully saturated rings. The van der Waals surface area contributed by atoms with Gasteiger partial charge in [-0.1, -0.05) is 18.2 Å². The molecule has 0 saturated heterocycles. The maximum absolute atomic E-state index is 9.60. The first-order valence-electron chi connectivity index (χ1n) is 7.03. The Bertz CT molecular complexity index is 938. The Hall–Kier alpha value is -3.08. The smallest absolute Gasteiger partial charge is 0.159 e. The fraction of sp³-hybridized carbons (Fsp3) is 0.0588. The van der Waals surface area contributed by atoms with E-state index in [0.29, 0.717) is 6.54 Å². The van der Waals surface area contributed by atoms with E-state index in [1.165, 1.54) is 0 Å². The standard InChI is InChI=1S/C17H14N4O/c22-15-5-1-3-13(11-15)12-20-10-9-18-17(20)16-6-2-4-14-7-8-19-21(14)16/h1-11,22H,12H2. The molecule has 0 aliphatic carbocycles. The Labute approximate surface area is 127 Å². The molecule has 1 N–H and O–H groups in total. The number of fused-ring (bicyclic) bond motifs is 1. The summed E-state index contributed by atoms with van der Waals surface area (Å²) >= 11 is 0. The molecule has 5 nitrogen and oxygen atoms in total. The van der Waals surface area contributed by atoms with Crippen LogP contribution >= 0.6 is 0 Å². The number of imidazole rings is 1. The van der Waals surface area contributed by atoms with Gasteiger partial charge in [-0.3, -0.25) is 0 Å². The van der Waals surface area contributed by atoms with Gasteiger partial charge in [0.1, 0.15) is 11.4 Å². The van der Waals surface area contributed by atoms with Crippen LogP contribution in [0.1, 0.15) is 5.56 Å². The van der Waals surface area contributed by atoms with Crippen LogP contribution in [-0.2, 0) is 6.54 Å². The van der Waals surface area contributed by atoms with Crippen LogP contribution in [0.2, 0.25) is 0 Å². The summed E-state index contributed by atoms with van der Waals surface area (Å²) in [6.45, 7) is 0.640. The predicted octanol–water partition coefficient (Wildman–Crippen LogP) is 2.95. The first-order chi connectivity index (χ1) is 10.8. The Morgan fingerprint density at radius 3 is 2.82 bits per heavy atom. The van der Waals surface area contributed by atoms with Crippen LogP contribution in [0.25, 0.3) is 17.0 Å². The molecule has 0 saturated carbocycles. The van der Waals surface area contributed by atoms with Crippen LogP contribution in [0.3, 0.4) is 0 Å². The molecule has 4 aromatic rings. The number of rotatable bonds is 3. The van der Waals surface area contributed by atoms with Crippen molar-refractivity contribution in [1.29, 1.82) is 0 Å². The normalized spacial score (nSPS) is 11.1. The molecule has 4 rings (SSSR count). The molecule has 3 aromatic heterocycles. The number of hydrogen-bond acceptors (Lipinski definition) is 3. The molecule has 1 aromatic carbocycles. The topological polar surface area (TPSA) is 55.3 Å². The fourth-order valence-corrected chi connectivity index (χ4v) is 2.64. The van der Waals surface area contributed by atoms with E-state index in [-0.39, 0.29) is 5.75 Å². The Morgan fingerprint density at radius 2 is 1.91 bits per heavy atom. The molecule has 0 aliphatic rings. The lowest BCUT2D eigenvalue weighted by Crippen LogP contribution is -2.04.